The van der Waals surface area contributed by atoms with Crippen molar-refractivity contribution in [2.75, 3.05) is 0 Å². The van der Waals surface area contributed by atoms with Gasteiger partial charge < -0.3 is 4.57 Å². The Hall–Kier alpha value is -2.20. The molecular weight excluding hydrogens is 271 g/mol. The Bertz CT molecular complexity index is 874. The van der Waals surface area contributed by atoms with Gasteiger partial charge in [0.1, 0.15) is 10.8 Å². The third-order valence-electron chi connectivity index (χ3n) is 3.40. The van der Waals surface area contributed by atoms with E-state index in [2.05, 4.69) is 11.1 Å². The fourth-order valence-electron chi connectivity index (χ4n) is 2.46. The molecule has 0 fully saturated rings. The minimum absolute atomic E-state index is 0.175. The maximum atomic E-state index is 13.7. The molecule has 0 atom stereocenters. The quantitative estimate of drug-likeness (QED) is 0.531. The highest BCUT2D eigenvalue weighted by atomic mass is 32.1. The van der Waals surface area contributed by atoms with E-state index in [1.807, 2.05) is 41.1 Å². The molecule has 0 aliphatic heterocycles. The Labute approximate surface area is 119 Å². The van der Waals surface area contributed by atoms with E-state index in [4.69, 9.17) is 0 Å². The van der Waals surface area contributed by atoms with Crippen LogP contribution in [0.2, 0.25) is 0 Å². The number of halogens is 1. The molecule has 98 valence electrons. The third kappa shape index (κ3) is 1.80. The molecule has 0 N–H and O–H groups in total. The SMILES string of the molecule is Fc1cccc2c1ccn2Cc1nc2ccccc2s1. The first kappa shape index (κ1) is 11.6. The summed E-state index contributed by atoms with van der Waals surface area (Å²) in [4.78, 5) is 4.62. The average Bonchev–Trinajstić information content (AvgIpc) is 3.04. The lowest BCUT2D eigenvalue weighted by Crippen LogP contribution is -1.97. The molecule has 0 radical (unpaired) electrons. The van der Waals surface area contributed by atoms with Gasteiger partial charge >= 0.3 is 0 Å². The van der Waals surface area contributed by atoms with Gasteiger partial charge in [0.25, 0.3) is 0 Å². The summed E-state index contributed by atoms with van der Waals surface area (Å²) in [6, 6.07) is 15.1. The van der Waals surface area contributed by atoms with E-state index in [0.717, 1.165) is 16.0 Å². The second-order valence-corrected chi connectivity index (χ2v) is 5.81. The van der Waals surface area contributed by atoms with Crippen molar-refractivity contribution in [3.63, 3.8) is 0 Å². The van der Waals surface area contributed by atoms with Crippen LogP contribution in [0.4, 0.5) is 4.39 Å². The van der Waals surface area contributed by atoms with Crippen LogP contribution < -0.4 is 0 Å². The second kappa shape index (κ2) is 4.42. The molecule has 0 saturated heterocycles. The molecule has 0 aliphatic carbocycles. The first-order chi connectivity index (χ1) is 9.81. The van der Waals surface area contributed by atoms with Crippen LogP contribution in [0, 0.1) is 5.82 Å². The third-order valence-corrected chi connectivity index (χ3v) is 4.43. The van der Waals surface area contributed by atoms with Crippen molar-refractivity contribution < 1.29 is 4.39 Å². The molecule has 4 aromatic rings. The number of benzene rings is 2. The van der Waals surface area contributed by atoms with Crippen LogP contribution in [0.1, 0.15) is 5.01 Å². The first-order valence-corrected chi connectivity index (χ1v) is 7.21. The number of hydrogen-bond donors (Lipinski definition) is 0. The van der Waals surface area contributed by atoms with Gasteiger partial charge in [-0.25, -0.2) is 9.37 Å². The second-order valence-electron chi connectivity index (χ2n) is 4.69. The van der Waals surface area contributed by atoms with Gasteiger partial charge in [-0.1, -0.05) is 18.2 Å². The van der Waals surface area contributed by atoms with E-state index in [1.54, 1.807) is 17.4 Å². The van der Waals surface area contributed by atoms with Gasteiger partial charge in [0, 0.05) is 11.6 Å². The van der Waals surface area contributed by atoms with Crippen molar-refractivity contribution >= 4 is 32.5 Å². The van der Waals surface area contributed by atoms with Gasteiger partial charge in [-0.15, -0.1) is 11.3 Å². The first-order valence-electron chi connectivity index (χ1n) is 6.39. The summed E-state index contributed by atoms with van der Waals surface area (Å²) in [5, 5.41) is 1.70. The Morgan fingerprint density at radius 3 is 2.85 bits per heavy atom. The number of rotatable bonds is 2. The molecule has 4 heteroatoms. The van der Waals surface area contributed by atoms with Gasteiger partial charge in [-0.3, -0.25) is 0 Å². The van der Waals surface area contributed by atoms with E-state index < -0.39 is 0 Å². The zero-order chi connectivity index (χ0) is 13.5. The zero-order valence-corrected chi connectivity index (χ0v) is 11.4. The van der Waals surface area contributed by atoms with E-state index in [-0.39, 0.29) is 5.82 Å². The van der Waals surface area contributed by atoms with Crippen LogP contribution in [0.3, 0.4) is 0 Å². The van der Waals surface area contributed by atoms with Crippen LogP contribution in [0.5, 0.6) is 0 Å². The molecule has 20 heavy (non-hydrogen) atoms. The van der Waals surface area contributed by atoms with Gasteiger partial charge in [0.2, 0.25) is 0 Å². The van der Waals surface area contributed by atoms with Gasteiger partial charge in [-0.05, 0) is 30.3 Å². The van der Waals surface area contributed by atoms with Crippen molar-refractivity contribution in [2.24, 2.45) is 0 Å². The highest BCUT2D eigenvalue weighted by Gasteiger charge is 2.08. The standard InChI is InChI=1S/C16H11FN2S/c17-12-4-3-6-14-11(12)8-9-19(14)10-16-18-13-5-1-2-7-15(13)20-16/h1-9H,10H2. The topological polar surface area (TPSA) is 17.8 Å². The fraction of sp³-hybridized carbons (Fsp3) is 0.0625. The highest BCUT2D eigenvalue weighted by Crippen LogP contribution is 2.24. The normalized spacial score (nSPS) is 11.4. The lowest BCUT2D eigenvalue weighted by Gasteiger charge is -2.02. The summed E-state index contributed by atoms with van der Waals surface area (Å²) in [7, 11) is 0. The van der Waals surface area contributed by atoms with Crippen LogP contribution >= 0.6 is 11.3 Å². The molecule has 4 rings (SSSR count). The van der Waals surface area contributed by atoms with Crippen molar-refractivity contribution in [2.45, 2.75) is 6.54 Å². The lowest BCUT2D eigenvalue weighted by atomic mass is 10.2. The van der Waals surface area contributed by atoms with E-state index in [9.17, 15) is 4.39 Å². The molecule has 2 heterocycles. The number of aromatic nitrogens is 2. The van der Waals surface area contributed by atoms with Crippen molar-refractivity contribution in [1.82, 2.24) is 9.55 Å². The number of para-hydroxylation sites is 1. The largest absolute Gasteiger partial charge is 0.341 e. The molecule has 0 aliphatic rings. The monoisotopic (exact) mass is 282 g/mol. The van der Waals surface area contributed by atoms with E-state index >= 15 is 0 Å². The van der Waals surface area contributed by atoms with Crippen LogP contribution in [-0.2, 0) is 6.54 Å². The highest BCUT2D eigenvalue weighted by molar-refractivity contribution is 7.18. The summed E-state index contributed by atoms with van der Waals surface area (Å²) in [6.45, 7) is 0.673. The minimum Gasteiger partial charge on any atom is -0.341 e. The Balaban J connectivity index is 1.78. The molecule has 0 unspecified atom stereocenters. The van der Waals surface area contributed by atoms with Gasteiger partial charge in [0.05, 0.1) is 22.3 Å². The smallest absolute Gasteiger partial charge is 0.132 e. The zero-order valence-electron chi connectivity index (χ0n) is 10.6. The number of fused-ring (bicyclic) bond motifs is 2. The molecule has 2 nitrogen and oxygen atoms in total. The maximum Gasteiger partial charge on any atom is 0.132 e. The average molecular weight is 282 g/mol. The van der Waals surface area contributed by atoms with Crippen LogP contribution in [-0.4, -0.2) is 9.55 Å². The number of thiazole rings is 1. The van der Waals surface area contributed by atoms with Crippen molar-refractivity contribution in [3.05, 3.63) is 65.6 Å². The lowest BCUT2D eigenvalue weighted by molar-refractivity contribution is 0.639. The molecule has 0 bridgehead atoms. The van der Waals surface area contributed by atoms with Gasteiger partial charge in [0.15, 0.2) is 0 Å². The Kier molecular flexibility index (Phi) is 2.57. The minimum atomic E-state index is -0.175. The number of hydrogen-bond acceptors (Lipinski definition) is 2. The molecule has 2 aromatic carbocycles. The summed E-state index contributed by atoms with van der Waals surface area (Å²) < 4.78 is 16.9. The maximum absolute atomic E-state index is 13.7. The van der Waals surface area contributed by atoms with Crippen molar-refractivity contribution in [1.29, 1.82) is 0 Å². The summed E-state index contributed by atoms with van der Waals surface area (Å²) in [6.07, 6.45) is 1.92. The van der Waals surface area contributed by atoms with Gasteiger partial charge in [-0.2, -0.15) is 0 Å². The summed E-state index contributed by atoms with van der Waals surface area (Å²) in [5.74, 6) is -0.175. The van der Waals surface area contributed by atoms with Crippen LogP contribution in [0.15, 0.2) is 54.7 Å². The molecular formula is C16H11FN2S. The molecule has 2 aromatic heterocycles. The summed E-state index contributed by atoms with van der Waals surface area (Å²) in [5.41, 5.74) is 1.93. The summed E-state index contributed by atoms with van der Waals surface area (Å²) >= 11 is 1.68. The van der Waals surface area contributed by atoms with E-state index in [0.29, 0.717) is 11.9 Å². The fourth-order valence-corrected chi connectivity index (χ4v) is 3.42. The Morgan fingerprint density at radius 1 is 1.05 bits per heavy atom. The molecule has 0 amide bonds. The predicted octanol–water partition coefficient (Wildman–Crippen LogP) is 4.44. The molecule has 0 saturated carbocycles. The predicted molar refractivity (Wildman–Crippen MR) is 80.6 cm³/mol. The van der Waals surface area contributed by atoms with Crippen molar-refractivity contribution in [3.8, 4) is 0 Å². The van der Waals surface area contributed by atoms with Crippen LogP contribution in [0.25, 0.3) is 21.1 Å². The number of nitrogens with zero attached hydrogens (tertiary/aromatic N) is 2. The van der Waals surface area contributed by atoms with E-state index in [1.165, 1.54) is 10.8 Å². The molecule has 0 spiro atoms. The Morgan fingerprint density at radius 2 is 1.95 bits per heavy atom.